The van der Waals surface area contributed by atoms with Gasteiger partial charge in [-0.2, -0.15) is 13.2 Å². The van der Waals surface area contributed by atoms with Crippen LogP contribution in [0.15, 0.2) is 42.6 Å². The number of halogens is 4. The quantitative estimate of drug-likeness (QED) is 0.707. The van der Waals surface area contributed by atoms with Gasteiger partial charge in [0.05, 0.1) is 6.42 Å². The molecule has 0 aliphatic carbocycles. The van der Waals surface area contributed by atoms with Gasteiger partial charge in [-0.05, 0) is 29.8 Å². The zero-order chi connectivity index (χ0) is 18.7. The van der Waals surface area contributed by atoms with Crippen molar-refractivity contribution >= 4 is 17.1 Å². The normalized spacial score (nSPS) is 11.7. The van der Waals surface area contributed by atoms with Crippen molar-refractivity contribution in [2.45, 2.75) is 19.1 Å². The Balaban J connectivity index is 1.69. The number of aromatic nitrogens is 3. The van der Waals surface area contributed by atoms with Crippen LogP contribution in [0.4, 0.5) is 17.6 Å². The van der Waals surface area contributed by atoms with Gasteiger partial charge in [-0.15, -0.1) is 0 Å². The first-order valence-electron chi connectivity index (χ1n) is 7.74. The number of hydrogen-bond donors (Lipinski definition) is 1. The fraction of sp³-hybridized carbons (Fsp3) is 0.235. The van der Waals surface area contributed by atoms with E-state index in [0.717, 1.165) is 4.57 Å². The summed E-state index contributed by atoms with van der Waals surface area (Å²) in [5.41, 5.74) is 0.707. The topological polar surface area (TPSA) is 59.8 Å². The van der Waals surface area contributed by atoms with E-state index in [1.54, 1.807) is 6.07 Å². The highest BCUT2D eigenvalue weighted by Crippen LogP contribution is 2.30. The van der Waals surface area contributed by atoms with E-state index in [1.165, 1.54) is 36.5 Å². The Morgan fingerprint density at radius 3 is 2.73 bits per heavy atom. The molecule has 0 radical (unpaired) electrons. The number of carbonyl (C=O) groups is 1. The fourth-order valence-electron chi connectivity index (χ4n) is 2.59. The molecule has 0 bridgehead atoms. The third kappa shape index (κ3) is 3.98. The van der Waals surface area contributed by atoms with Gasteiger partial charge in [-0.25, -0.2) is 14.4 Å². The van der Waals surface area contributed by atoms with Crippen molar-refractivity contribution in [2.75, 3.05) is 6.54 Å². The van der Waals surface area contributed by atoms with E-state index >= 15 is 0 Å². The number of rotatable bonds is 5. The molecular weight excluding hydrogens is 352 g/mol. The summed E-state index contributed by atoms with van der Waals surface area (Å²) in [7, 11) is 0. The molecule has 1 amide bonds. The largest absolute Gasteiger partial charge is 0.449 e. The van der Waals surface area contributed by atoms with Gasteiger partial charge in [-0.3, -0.25) is 4.79 Å². The molecule has 0 aliphatic heterocycles. The van der Waals surface area contributed by atoms with Crippen LogP contribution in [0.5, 0.6) is 0 Å². The van der Waals surface area contributed by atoms with E-state index in [-0.39, 0.29) is 30.7 Å². The Bertz CT molecular complexity index is 936. The second-order valence-electron chi connectivity index (χ2n) is 5.59. The number of nitrogens with one attached hydrogen (secondary N) is 1. The van der Waals surface area contributed by atoms with Crippen LogP contribution in [0.2, 0.25) is 0 Å². The fourth-order valence-corrected chi connectivity index (χ4v) is 2.59. The van der Waals surface area contributed by atoms with Crippen LogP contribution >= 0.6 is 0 Å². The second kappa shape index (κ2) is 7.11. The molecule has 3 aromatic rings. The molecule has 26 heavy (non-hydrogen) atoms. The van der Waals surface area contributed by atoms with Crippen LogP contribution in [0.1, 0.15) is 11.4 Å². The number of imidazole rings is 1. The first-order valence-corrected chi connectivity index (χ1v) is 7.74. The van der Waals surface area contributed by atoms with Gasteiger partial charge in [0.1, 0.15) is 11.3 Å². The minimum absolute atomic E-state index is 0.0424. The number of benzene rings is 1. The molecule has 0 atom stereocenters. The Morgan fingerprint density at radius 1 is 1.19 bits per heavy atom. The number of carbonyl (C=O) groups excluding carboxylic acids is 1. The van der Waals surface area contributed by atoms with Crippen LogP contribution in [-0.4, -0.2) is 27.0 Å². The lowest BCUT2D eigenvalue weighted by Gasteiger charge is -2.11. The van der Waals surface area contributed by atoms with E-state index < -0.39 is 23.7 Å². The number of fused-ring (bicyclic) bond motifs is 1. The predicted octanol–water partition coefficient (Wildman–Crippen LogP) is 2.95. The van der Waals surface area contributed by atoms with Crippen molar-refractivity contribution in [3.63, 3.8) is 0 Å². The molecule has 1 aromatic carbocycles. The Labute approximate surface area is 145 Å². The van der Waals surface area contributed by atoms with Gasteiger partial charge >= 0.3 is 6.18 Å². The monoisotopic (exact) mass is 366 g/mol. The van der Waals surface area contributed by atoms with Crippen molar-refractivity contribution in [3.8, 4) is 0 Å². The lowest BCUT2D eigenvalue weighted by atomic mass is 10.1. The zero-order valence-electron chi connectivity index (χ0n) is 13.4. The average molecular weight is 366 g/mol. The van der Waals surface area contributed by atoms with Crippen molar-refractivity contribution in [1.29, 1.82) is 0 Å². The molecule has 0 aliphatic rings. The molecule has 3 rings (SSSR count). The summed E-state index contributed by atoms with van der Waals surface area (Å²) in [6.45, 7) is -0.184. The molecule has 136 valence electrons. The van der Waals surface area contributed by atoms with E-state index in [2.05, 4.69) is 15.3 Å². The van der Waals surface area contributed by atoms with Gasteiger partial charge in [0, 0.05) is 19.3 Å². The van der Waals surface area contributed by atoms with Crippen LogP contribution < -0.4 is 5.32 Å². The maximum atomic E-state index is 13.2. The first-order chi connectivity index (χ1) is 12.3. The molecule has 0 unspecified atom stereocenters. The highest BCUT2D eigenvalue weighted by atomic mass is 19.4. The van der Waals surface area contributed by atoms with Gasteiger partial charge in [0.2, 0.25) is 11.7 Å². The summed E-state index contributed by atoms with van der Waals surface area (Å²) >= 11 is 0. The molecule has 2 aromatic heterocycles. The molecule has 2 heterocycles. The van der Waals surface area contributed by atoms with Crippen LogP contribution in [0.3, 0.4) is 0 Å². The summed E-state index contributed by atoms with van der Waals surface area (Å²) in [5.74, 6) is -1.94. The molecule has 0 spiro atoms. The smallest absolute Gasteiger partial charge is 0.354 e. The van der Waals surface area contributed by atoms with Gasteiger partial charge in [-0.1, -0.05) is 12.1 Å². The highest BCUT2D eigenvalue weighted by molar-refractivity contribution is 5.78. The Hall–Kier alpha value is -2.97. The summed E-state index contributed by atoms with van der Waals surface area (Å²) in [6, 6.07) is 8.51. The second-order valence-corrected chi connectivity index (χ2v) is 5.59. The average Bonchev–Trinajstić information content (AvgIpc) is 2.94. The molecule has 0 saturated heterocycles. The van der Waals surface area contributed by atoms with Gasteiger partial charge in [0.15, 0.2) is 5.65 Å². The van der Waals surface area contributed by atoms with Crippen molar-refractivity contribution in [2.24, 2.45) is 0 Å². The number of pyridine rings is 1. The number of hydrogen-bond acceptors (Lipinski definition) is 3. The summed E-state index contributed by atoms with van der Waals surface area (Å²) in [4.78, 5) is 19.4. The van der Waals surface area contributed by atoms with E-state index in [9.17, 15) is 22.4 Å². The molecule has 1 N–H and O–H groups in total. The van der Waals surface area contributed by atoms with Crippen molar-refractivity contribution in [1.82, 2.24) is 19.9 Å². The van der Waals surface area contributed by atoms with Gasteiger partial charge < -0.3 is 9.88 Å². The number of amides is 1. The summed E-state index contributed by atoms with van der Waals surface area (Å²) < 4.78 is 53.5. The molecule has 5 nitrogen and oxygen atoms in total. The maximum absolute atomic E-state index is 13.2. The van der Waals surface area contributed by atoms with E-state index in [0.29, 0.717) is 5.56 Å². The number of nitrogens with zero attached hydrogens (tertiary/aromatic N) is 3. The van der Waals surface area contributed by atoms with E-state index in [1.807, 2.05) is 0 Å². The highest BCUT2D eigenvalue weighted by Gasteiger charge is 2.37. The van der Waals surface area contributed by atoms with Crippen LogP contribution in [0.25, 0.3) is 11.2 Å². The Morgan fingerprint density at radius 2 is 2.00 bits per heavy atom. The van der Waals surface area contributed by atoms with Crippen molar-refractivity contribution in [3.05, 3.63) is 59.8 Å². The lowest BCUT2D eigenvalue weighted by molar-refractivity contribution is -0.146. The maximum Gasteiger partial charge on any atom is 0.449 e. The molecule has 0 saturated carbocycles. The first kappa shape index (κ1) is 17.8. The minimum atomic E-state index is -4.63. The van der Waals surface area contributed by atoms with Crippen LogP contribution in [-0.2, 0) is 23.9 Å². The predicted molar refractivity (Wildman–Crippen MR) is 85.6 cm³/mol. The van der Waals surface area contributed by atoms with Crippen molar-refractivity contribution < 1.29 is 22.4 Å². The van der Waals surface area contributed by atoms with Crippen LogP contribution in [0, 0.1) is 5.82 Å². The third-order valence-electron chi connectivity index (χ3n) is 3.67. The number of alkyl halides is 3. The molecular formula is C17H14F4N4O. The lowest BCUT2D eigenvalue weighted by Crippen LogP contribution is -2.29. The minimum Gasteiger partial charge on any atom is -0.354 e. The molecule has 0 fully saturated rings. The summed E-state index contributed by atoms with van der Waals surface area (Å²) in [5, 5.41) is 2.53. The zero-order valence-corrected chi connectivity index (χ0v) is 13.4. The SMILES string of the molecule is O=C(Cc1cccc(F)c1)NCCn1c(C(F)(F)F)nc2cccnc21. The Kier molecular flexibility index (Phi) is 4.88. The molecule has 9 heteroatoms. The third-order valence-corrected chi connectivity index (χ3v) is 3.67. The van der Waals surface area contributed by atoms with E-state index in [4.69, 9.17) is 0 Å². The standard InChI is InChI=1S/C17H14F4N4O/c18-12-4-1-3-11(9-12)10-14(26)22-7-8-25-15-13(5-2-6-23-15)24-16(25)17(19,20)21/h1-6,9H,7-8,10H2,(H,22,26). The van der Waals surface area contributed by atoms with Gasteiger partial charge in [0.25, 0.3) is 0 Å². The summed E-state index contributed by atoms with van der Waals surface area (Å²) in [6.07, 6.45) is -3.32.